The Bertz CT molecular complexity index is 916. The van der Waals surface area contributed by atoms with E-state index < -0.39 is 54.2 Å². The van der Waals surface area contributed by atoms with Crippen molar-refractivity contribution in [1.29, 1.82) is 0 Å². The summed E-state index contributed by atoms with van der Waals surface area (Å²) in [4.78, 5) is 26.4. The number of nitrogens with one attached hydrogen (secondary N) is 2. The molecule has 3 heterocycles. The number of carbonyl (C=O) groups is 2. The highest BCUT2D eigenvalue weighted by molar-refractivity contribution is 5.98. The number of benzene rings is 1. The number of rotatable bonds is 5. The fourth-order valence-electron chi connectivity index (χ4n) is 4.54. The molecule has 3 aliphatic rings. The first-order valence-electron chi connectivity index (χ1n) is 11.4. The minimum atomic E-state index is -1.02. The van der Waals surface area contributed by atoms with Crippen molar-refractivity contribution < 1.29 is 33.3 Å². The SMILES string of the molecule is Cc1cccc(NC(=O)C(NC(=O)C2OC3OC(C)(C)OC3C3OC(C)(C)OC23)C(C)C)c1. The molecule has 2 amide bonds. The molecule has 9 heteroatoms. The van der Waals surface area contributed by atoms with Gasteiger partial charge in [0.05, 0.1) is 0 Å². The van der Waals surface area contributed by atoms with Gasteiger partial charge in [-0.25, -0.2) is 0 Å². The number of fused-ring (bicyclic) bond motifs is 3. The smallest absolute Gasteiger partial charge is 0.252 e. The van der Waals surface area contributed by atoms with Gasteiger partial charge in [0.2, 0.25) is 5.91 Å². The second-order valence-corrected chi connectivity index (χ2v) is 10.2. The van der Waals surface area contributed by atoms with Crippen molar-refractivity contribution in [2.45, 2.75) is 96.8 Å². The molecule has 0 aliphatic carbocycles. The maximum Gasteiger partial charge on any atom is 0.252 e. The van der Waals surface area contributed by atoms with Crippen LogP contribution in [0.25, 0.3) is 0 Å². The summed E-state index contributed by atoms with van der Waals surface area (Å²) in [6, 6.07) is 6.72. The molecular weight excluding hydrogens is 428 g/mol. The van der Waals surface area contributed by atoms with Gasteiger partial charge < -0.3 is 34.3 Å². The third-order valence-electron chi connectivity index (χ3n) is 5.95. The predicted molar refractivity (Wildman–Crippen MR) is 119 cm³/mol. The van der Waals surface area contributed by atoms with Crippen LogP contribution in [0.2, 0.25) is 0 Å². The highest BCUT2D eigenvalue weighted by Crippen LogP contribution is 2.44. The molecule has 0 bridgehead atoms. The van der Waals surface area contributed by atoms with Crippen LogP contribution in [-0.2, 0) is 33.3 Å². The van der Waals surface area contributed by atoms with Gasteiger partial charge in [0.25, 0.3) is 5.91 Å². The van der Waals surface area contributed by atoms with Crippen LogP contribution in [0.1, 0.15) is 47.1 Å². The topological polar surface area (TPSA) is 104 Å². The lowest BCUT2D eigenvalue weighted by Gasteiger charge is -2.37. The summed E-state index contributed by atoms with van der Waals surface area (Å²) in [5.41, 5.74) is 1.70. The summed E-state index contributed by atoms with van der Waals surface area (Å²) in [6.07, 6.45) is -3.58. The van der Waals surface area contributed by atoms with Crippen molar-refractivity contribution in [1.82, 2.24) is 5.32 Å². The Morgan fingerprint density at radius 1 is 0.939 bits per heavy atom. The minimum Gasteiger partial charge on any atom is -0.342 e. The standard InChI is InChI=1S/C24H34N2O7/c1-12(2)15(20(27)25-14-10-8-9-13(3)11-14)26-21(28)18-16-17(31-23(4,5)30-16)19-22(29-18)33-24(6,7)32-19/h8-12,15-19,22H,1-7H3,(H,25,27)(H,26,28). The molecule has 2 N–H and O–H groups in total. The maximum atomic E-state index is 13.4. The molecule has 0 aromatic heterocycles. The van der Waals surface area contributed by atoms with Crippen LogP contribution in [0.4, 0.5) is 5.69 Å². The van der Waals surface area contributed by atoms with Crippen LogP contribution in [-0.4, -0.2) is 60.1 Å². The molecule has 6 atom stereocenters. The summed E-state index contributed by atoms with van der Waals surface area (Å²) in [5.74, 6) is -2.72. The van der Waals surface area contributed by atoms with Gasteiger partial charge in [-0.05, 0) is 58.2 Å². The van der Waals surface area contributed by atoms with E-state index >= 15 is 0 Å². The first-order chi connectivity index (χ1) is 15.3. The van der Waals surface area contributed by atoms with E-state index in [4.69, 9.17) is 23.7 Å². The van der Waals surface area contributed by atoms with Gasteiger partial charge in [0.15, 0.2) is 24.0 Å². The van der Waals surface area contributed by atoms with Gasteiger partial charge in [-0.3, -0.25) is 9.59 Å². The Kier molecular flexibility index (Phi) is 6.30. The fourth-order valence-corrected chi connectivity index (χ4v) is 4.54. The maximum absolute atomic E-state index is 13.4. The monoisotopic (exact) mass is 462 g/mol. The lowest BCUT2D eigenvalue weighted by Crippen LogP contribution is -2.61. The molecule has 3 aliphatic heterocycles. The van der Waals surface area contributed by atoms with Crippen molar-refractivity contribution in [2.75, 3.05) is 5.32 Å². The summed E-state index contributed by atoms with van der Waals surface area (Å²) < 4.78 is 29.9. The third-order valence-corrected chi connectivity index (χ3v) is 5.95. The highest BCUT2D eigenvalue weighted by atomic mass is 16.9. The predicted octanol–water partition coefficient (Wildman–Crippen LogP) is 2.47. The van der Waals surface area contributed by atoms with Crippen molar-refractivity contribution in [3.63, 3.8) is 0 Å². The average molecular weight is 463 g/mol. The lowest BCUT2D eigenvalue weighted by molar-refractivity contribution is -0.231. The average Bonchev–Trinajstić information content (AvgIpc) is 3.18. The van der Waals surface area contributed by atoms with E-state index in [9.17, 15) is 9.59 Å². The number of aryl methyl sites for hydroxylation is 1. The molecule has 0 radical (unpaired) electrons. The molecule has 0 saturated carbocycles. The van der Waals surface area contributed by atoms with Crippen molar-refractivity contribution >= 4 is 17.5 Å². The summed E-state index contributed by atoms with van der Waals surface area (Å²) >= 11 is 0. The molecule has 0 spiro atoms. The first kappa shape index (κ1) is 24.1. The van der Waals surface area contributed by atoms with E-state index in [1.54, 1.807) is 27.7 Å². The van der Waals surface area contributed by atoms with Crippen molar-refractivity contribution in [3.05, 3.63) is 29.8 Å². The zero-order chi connectivity index (χ0) is 24.1. The number of hydrogen-bond acceptors (Lipinski definition) is 7. The minimum absolute atomic E-state index is 0.159. The Labute approximate surface area is 194 Å². The van der Waals surface area contributed by atoms with Crippen molar-refractivity contribution in [3.8, 4) is 0 Å². The Morgan fingerprint density at radius 3 is 2.24 bits per heavy atom. The second kappa shape index (κ2) is 8.63. The van der Waals surface area contributed by atoms with Crippen LogP contribution >= 0.6 is 0 Å². The normalized spacial score (nSPS) is 32.7. The van der Waals surface area contributed by atoms with Crippen molar-refractivity contribution in [2.24, 2.45) is 5.92 Å². The molecule has 1 aromatic rings. The van der Waals surface area contributed by atoms with Crippen LogP contribution < -0.4 is 10.6 Å². The van der Waals surface area contributed by atoms with Crippen LogP contribution in [0.15, 0.2) is 24.3 Å². The number of carbonyl (C=O) groups excluding carboxylic acids is 2. The molecule has 1 aromatic carbocycles. The fraction of sp³-hybridized carbons (Fsp3) is 0.667. The van der Waals surface area contributed by atoms with E-state index in [-0.39, 0.29) is 11.8 Å². The Hall–Kier alpha value is -2.04. The summed E-state index contributed by atoms with van der Waals surface area (Å²) in [6.45, 7) is 12.8. The van der Waals surface area contributed by atoms with Crippen LogP contribution in [0.3, 0.4) is 0 Å². The highest BCUT2D eigenvalue weighted by Gasteiger charge is 2.62. The molecule has 3 fully saturated rings. The molecule has 9 nitrogen and oxygen atoms in total. The van der Waals surface area contributed by atoms with Gasteiger partial charge in [-0.2, -0.15) is 0 Å². The van der Waals surface area contributed by atoms with E-state index in [2.05, 4.69) is 10.6 Å². The Morgan fingerprint density at radius 2 is 1.58 bits per heavy atom. The summed E-state index contributed by atoms with van der Waals surface area (Å²) in [5, 5.41) is 5.74. The lowest BCUT2D eigenvalue weighted by atomic mass is 9.97. The van der Waals surface area contributed by atoms with E-state index in [0.29, 0.717) is 5.69 Å². The molecular formula is C24H34N2O7. The third kappa shape index (κ3) is 5.07. The molecule has 6 unspecified atom stereocenters. The van der Waals surface area contributed by atoms with Gasteiger partial charge in [-0.15, -0.1) is 0 Å². The van der Waals surface area contributed by atoms with Gasteiger partial charge in [-0.1, -0.05) is 26.0 Å². The quantitative estimate of drug-likeness (QED) is 0.693. The zero-order valence-electron chi connectivity index (χ0n) is 20.2. The van der Waals surface area contributed by atoms with Crippen LogP contribution in [0, 0.1) is 12.8 Å². The first-order valence-corrected chi connectivity index (χ1v) is 11.4. The largest absolute Gasteiger partial charge is 0.342 e. The van der Waals surface area contributed by atoms with E-state index in [1.807, 2.05) is 45.0 Å². The molecule has 33 heavy (non-hydrogen) atoms. The van der Waals surface area contributed by atoms with Crippen LogP contribution in [0.5, 0.6) is 0 Å². The summed E-state index contributed by atoms with van der Waals surface area (Å²) in [7, 11) is 0. The second-order valence-electron chi connectivity index (χ2n) is 10.2. The van der Waals surface area contributed by atoms with Gasteiger partial charge in [0.1, 0.15) is 24.4 Å². The molecule has 4 rings (SSSR count). The number of amides is 2. The van der Waals surface area contributed by atoms with E-state index in [1.165, 1.54) is 0 Å². The molecule has 182 valence electrons. The Balaban J connectivity index is 1.51. The number of anilines is 1. The number of hydrogen-bond donors (Lipinski definition) is 2. The van der Waals surface area contributed by atoms with E-state index in [0.717, 1.165) is 5.56 Å². The number of ether oxygens (including phenoxy) is 5. The van der Waals surface area contributed by atoms with Gasteiger partial charge >= 0.3 is 0 Å². The zero-order valence-corrected chi connectivity index (χ0v) is 20.2. The van der Waals surface area contributed by atoms with Gasteiger partial charge in [0, 0.05) is 5.69 Å². The molecule has 3 saturated heterocycles.